The van der Waals surface area contributed by atoms with Gasteiger partial charge >= 0.3 is 0 Å². The molecule has 0 unspecified atom stereocenters. The standard InChI is InChI=1S/C16H32O4/c1-14(2)7-10-19-11-8-16(17)6-5-9-18-12-13-20-15(3)4/h14-15H,5-13H2,1-4H3. The third-order valence-electron chi connectivity index (χ3n) is 2.79. The first-order valence-electron chi connectivity index (χ1n) is 7.81. The fourth-order valence-electron chi connectivity index (χ4n) is 1.55. The number of ether oxygens (including phenoxy) is 3. The molecule has 4 nitrogen and oxygen atoms in total. The average molecular weight is 288 g/mol. The van der Waals surface area contributed by atoms with Crippen LogP contribution < -0.4 is 0 Å². The van der Waals surface area contributed by atoms with Crippen LogP contribution in [0.3, 0.4) is 0 Å². The largest absolute Gasteiger partial charge is 0.381 e. The second-order valence-corrected chi connectivity index (χ2v) is 5.72. The molecular weight excluding hydrogens is 256 g/mol. The number of rotatable bonds is 14. The van der Waals surface area contributed by atoms with E-state index in [9.17, 15) is 4.79 Å². The third-order valence-corrected chi connectivity index (χ3v) is 2.79. The highest BCUT2D eigenvalue weighted by Gasteiger charge is 2.02. The predicted octanol–water partition coefficient (Wildman–Crippen LogP) is 3.23. The summed E-state index contributed by atoms with van der Waals surface area (Å²) in [5.74, 6) is 0.916. The fraction of sp³-hybridized carbons (Fsp3) is 0.938. The molecule has 0 aliphatic heterocycles. The maximum absolute atomic E-state index is 11.6. The normalized spacial score (nSPS) is 11.5. The molecule has 120 valence electrons. The first-order valence-corrected chi connectivity index (χ1v) is 7.81. The summed E-state index contributed by atoms with van der Waals surface area (Å²) < 4.78 is 16.2. The Kier molecular flexibility index (Phi) is 13.2. The van der Waals surface area contributed by atoms with Gasteiger partial charge in [0, 0.05) is 26.1 Å². The quantitative estimate of drug-likeness (QED) is 0.460. The van der Waals surface area contributed by atoms with Gasteiger partial charge in [-0.1, -0.05) is 13.8 Å². The van der Waals surface area contributed by atoms with E-state index < -0.39 is 0 Å². The summed E-state index contributed by atoms with van der Waals surface area (Å²) in [6.45, 7) is 11.5. The molecular formula is C16H32O4. The molecule has 0 spiro atoms. The highest BCUT2D eigenvalue weighted by Crippen LogP contribution is 2.01. The summed E-state index contributed by atoms with van der Waals surface area (Å²) in [5, 5.41) is 0. The Morgan fingerprint density at radius 2 is 1.55 bits per heavy atom. The van der Waals surface area contributed by atoms with Crippen LogP contribution in [0.5, 0.6) is 0 Å². The lowest BCUT2D eigenvalue weighted by Crippen LogP contribution is -2.11. The molecule has 0 saturated heterocycles. The van der Waals surface area contributed by atoms with Gasteiger partial charge in [0.05, 0.1) is 25.9 Å². The van der Waals surface area contributed by atoms with Crippen LogP contribution in [0, 0.1) is 5.92 Å². The molecule has 20 heavy (non-hydrogen) atoms. The maximum atomic E-state index is 11.6. The minimum Gasteiger partial charge on any atom is -0.381 e. The Labute approximate surface area is 124 Å². The van der Waals surface area contributed by atoms with Gasteiger partial charge in [0.25, 0.3) is 0 Å². The van der Waals surface area contributed by atoms with Crippen molar-refractivity contribution in [2.24, 2.45) is 5.92 Å². The van der Waals surface area contributed by atoms with Crippen molar-refractivity contribution in [3.63, 3.8) is 0 Å². The number of carbonyl (C=O) groups is 1. The van der Waals surface area contributed by atoms with Crippen molar-refractivity contribution in [2.45, 2.75) is 59.5 Å². The van der Waals surface area contributed by atoms with Crippen molar-refractivity contribution in [2.75, 3.05) is 33.0 Å². The van der Waals surface area contributed by atoms with Crippen molar-refractivity contribution in [3.05, 3.63) is 0 Å². The molecule has 0 atom stereocenters. The fourth-order valence-corrected chi connectivity index (χ4v) is 1.55. The van der Waals surface area contributed by atoms with Crippen LogP contribution in [-0.2, 0) is 19.0 Å². The lowest BCUT2D eigenvalue weighted by molar-refractivity contribution is -0.120. The zero-order valence-electron chi connectivity index (χ0n) is 13.7. The first kappa shape index (κ1) is 19.6. The van der Waals surface area contributed by atoms with E-state index in [2.05, 4.69) is 13.8 Å². The molecule has 0 heterocycles. The third kappa shape index (κ3) is 15.6. The summed E-state index contributed by atoms with van der Waals surface area (Å²) in [5.41, 5.74) is 0. The molecule has 0 radical (unpaired) electrons. The summed E-state index contributed by atoms with van der Waals surface area (Å²) in [7, 11) is 0. The molecule has 0 rings (SSSR count). The second-order valence-electron chi connectivity index (χ2n) is 5.72. The highest BCUT2D eigenvalue weighted by molar-refractivity contribution is 5.78. The molecule has 0 saturated carbocycles. The van der Waals surface area contributed by atoms with Crippen LogP contribution in [-0.4, -0.2) is 44.9 Å². The highest BCUT2D eigenvalue weighted by atomic mass is 16.5. The van der Waals surface area contributed by atoms with Crippen molar-refractivity contribution >= 4 is 5.78 Å². The van der Waals surface area contributed by atoms with E-state index in [1.807, 2.05) is 13.8 Å². The van der Waals surface area contributed by atoms with Gasteiger partial charge in [-0.05, 0) is 32.6 Å². The van der Waals surface area contributed by atoms with Gasteiger partial charge in [-0.15, -0.1) is 0 Å². The lowest BCUT2D eigenvalue weighted by Gasteiger charge is -2.08. The molecule has 0 aliphatic rings. The van der Waals surface area contributed by atoms with Gasteiger partial charge in [0.1, 0.15) is 5.78 Å². The van der Waals surface area contributed by atoms with E-state index in [1.54, 1.807) is 0 Å². The van der Waals surface area contributed by atoms with E-state index in [-0.39, 0.29) is 11.9 Å². The van der Waals surface area contributed by atoms with Crippen molar-refractivity contribution in [1.29, 1.82) is 0 Å². The average Bonchev–Trinajstić information content (AvgIpc) is 2.36. The Morgan fingerprint density at radius 1 is 0.850 bits per heavy atom. The maximum Gasteiger partial charge on any atom is 0.135 e. The summed E-state index contributed by atoms with van der Waals surface area (Å²) in [6.07, 6.45) is 3.19. The molecule has 0 aromatic rings. The Morgan fingerprint density at radius 3 is 2.20 bits per heavy atom. The number of carbonyl (C=O) groups excluding carboxylic acids is 1. The number of ketones is 1. The Bertz CT molecular complexity index is 227. The molecule has 0 aromatic heterocycles. The van der Waals surface area contributed by atoms with Gasteiger partial charge in [-0.25, -0.2) is 0 Å². The van der Waals surface area contributed by atoms with E-state index >= 15 is 0 Å². The van der Waals surface area contributed by atoms with Crippen molar-refractivity contribution in [3.8, 4) is 0 Å². The Hall–Kier alpha value is -0.450. The van der Waals surface area contributed by atoms with Crippen molar-refractivity contribution in [1.82, 2.24) is 0 Å². The van der Waals surface area contributed by atoms with Crippen molar-refractivity contribution < 1.29 is 19.0 Å². The van der Waals surface area contributed by atoms with E-state index in [4.69, 9.17) is 14.2 Å². The Balaban J connectivity index is 3.20. The summed E-state index contributed by atoms with van der Waals surface area (Å²) in [4.78, 5) is 11.6. The zero-order valence-corrected chi connectivity index (χ0v) is 13.7. The minimum absolute atomic E-state index is 0.246. The topological polar surface area (TPSA) is 44.8 Å². The van der Waals surface area contributed by atoms with Gasteiger partial charge in [0.15, 0.2) is 0 Å². The van der Waals surface area contributed by atoms with E-state index in [0.717, 1.165) is 19.4 Å². The zero-order chi connectivity index (χ0) is 15.2. The smallest absolute Gasteiger partial charge is 0.135 e. The van der Waals surface area contributed by atoms with Crippen LogP contribution in [0.15, 0.2) is 0 Å². The summed E-state index contributed by atoms with van der Waals surface area (Å²) in [6, 6.07) is 0. The molecule has 0 amide bonds. The van der Waals surface area contributed by atoms with Gasteiger partial charge in [0.2, 0.25) is 0 Å². The molecule has 0 fully saturated rings. The molecule has 0 bridgehead atoms. The second kappa shape index (κ2) is 13.5. The number of hydrogen-bond acceptors (Lipinski definition) is 4. The van der Waals surface area contributed by atoms with E-state index in [0.29, 0.717) is 45.2 Å². The van der Waals surface area contributed by atoms with Crippen LogP contribution in [0.1, 0.15) is 53.4 Å². The molecule has 0 aromatic carbocycles. The van der Waals surface area contributed by atoms with Gasteiger partial charge < -0.3 is 14.2 Å². The van der Waals surface area contributed by atoms with Crippen LogP contribution in [0.25, 0.3) is 0 Å². The van der Waals surface area contributed by atoms with Crippen LogP contribution in [0.2, 0.25) is 0 Å². The van der Waals surface area contributed by atoms with E-state index in [1.165, 1.54) is 0 Å². The summed E-state index contributed by atoms with van der Waals surface area (Å²) >= 11 is 0. The van der Waals surface area contributed by atoms with Gasteiger partial charge in [-0.3, -0.25) is 4.79 Å². The monoisotopic (exact) mass is 288 g/mol. The number of hydrogen-bond donors (Lipinski definition) is 0. The predicted molar refractivity (Wildman–Crippen MR) is 81.0 cm³/mol. The minimum atomic E-state index is 0.246. The van der Waals surface area contributed by atoms with Crippen LogP contribution in [0.4, 0.5) is 0 Å². The number of Topliss-reactive ketones (excluding diaryl/α,β-unsaturated/α-hetero) is 1. The molecule has 4 heteroatoms. The lowest BCUT2D eigenvalue weighted by atomic mass is 10.1. The SMILES string of the molecule is CC(C)CCOCCC(=O)CCCOCCOC(C)C. The van der Waals surface area contributed by atoms with Crippen LogP contribution >= 0.6 is 0 Å². The molecule has 0 aliphatic carbocycles. The van der Waals surface area contributed by atoms with Gasteiger partial charge in [-0.2, -0.15) is 0 Å². The molecule has 0 N–H and O–H groups in total. The first-order chi connectivity index (χ1) is 9.52.